The molecular formula is C18H24ClNO3. The average Bonchev–Trinajstić information content (AvgIpc) is 2.51. The lowest BCUT2D eigenvalue weighted by molar-refractivity contribution is 0.0790. The number of carbonyl (C=O) groups is 1. The molecule has 0 aliphatic carbocycles. The minimum absolute atomic E-state index is 0.166. The number of hydrogen-bond acceptors (Lipinski definition) is 3. The van der Waals surface area contributed by atoms with Crippen molar-refractivity contribution in [2.24, 2.45) is 5.92 Å². The van der Waals surface area contributed by atoms with Gasteiger partial charge < -0.3 is 14.4 Å². The zero-order chi connectivity index (χ0) is 17.4. The van der Waals surface area contributed by atoms with Crippen molar-refractivity contribution >= 4 is 17.5 Å². The SMILES string of the molecule is C=CCN(CC=C)C(=O)c1cc(Cl)c(OCC(C)C)c(OC)c1. The zero-order valence-corrected chi connectivity index (χ0v) is 14.7. The first-order valence-corrected chi connectivity index (χ1v) is 7.83. The highest BCUT2D eigenvalue weighted by Gasteiger charge is 2.19. The average molecular weight is 338 g/mol. The molecule has 1 amide bonds. The van der Waals surface area contributed by atoms with Crippen LogP contribution in [0.5, 0.6) is 11.5 Å². The second-order valence-electron chi connectivity index (χ2n) is 5.48. The first kappa shape index (κ1) is 19.1. The molecule has 0 saturated carbocycles. The Morgan fingerprint density at radius 1 is 1.30 bits per heavy atom. The minimum Gasteiger partial charge on any atom is -0.493 e. The number of halogens is 1. The quantitative estimate of drug-likeness (QED) is 0.634. The van der Waals surface area contributed by atoms with Crippen LogP contribution < -0.4 is 9.47 Å². The van der Waals surface area contributed by atoms with Crippen LogP contribution in [0.15, 0.2) is 37.4 Å². The molecule has 1 rings (SSSR count). The maximum absolute atomic E-state index is 12.6. The van der Waals surface area contributed by atoms with Gasteiger partial charge in [-0.25, -0.2) is 0 Å². The van der Waals surface area contributed by atoms with Crippen LogP contribution in [-0.4, -0.2) is 37.6 Å². The summed E-state index contributed by atoms with van der Waals surface area (Å²) < 4.78 is 11.0. The third kappa shape index (κ3) is 5.32. The molecule has 0 atom stereocenters. The number of rotatable bonds is 9. The zero-order valence-electron chi connectivity index (χ0n) is 14.0. The molecule has 4 nitrogen and oxygen atoms in total. The Hall–Kier alpha value is -1.94. The Balaban J connectivity index is 3.13. The lowest BCUT2D eigenvalue weighted by Crippen LogP contribution is -2.31. The summed E-state index contributed by atoms with van der Waals surface area (Å²) in [7, 11) is 1.52. The lowest BCUT2D eigenvalue weighted by atomic mass is 10.1. The van der Waals surface area contributed by atoms with Gasteiger partial charge in [0.15, 0.2) is 11.5 Å². The Bertz CT molecular complexity index is 560. The number of carbonyl (C=O) groups excluding carboxylic acids is 1. The van der Waals surface area contributed by atoms with Gasteiger partial charge in [0, 0.05) is 18.7 Å². The molecule has 0 aliphatic heterocycles. The van der Waals surface area contributed by atoms with Crippen molar-refractivity contribution < 1.29 is 14.3 Å². The van der Waals surface area contributed by atoms with Crippen molar-refractivity contribution in [2.75, 3.05) is 26.8 Å². The van der Waals surface area contributed by atoms with E-state index >= 15 is 0 Å². The maximum atomic E-state index is 12.6. The van der Waals surface area contributed by atoms with E-state index in [1.54, 1.807) is 29.2 Å². The molecule has 5 heteroatoms. The second-order valence-corrected chi connectivity index (χ2v) is 5.89. The maximum Gasteiger partial charge on any atom is 0.254 e. The first-order valence-electron chi connectivity index (χ1n) is 7.45. The summed E-state index contributed by atoms with van der Waals surface area (Å²) in [5.41, 5.74) is 0.437. The van der Waals surface area contributed by atoms with Crippen molar-refractivity contribution in [3.63, 3.8) is 0 Å². The van der Waals surface area contributed by atoms with Crippen LogP contribution in [0.1, 0.15) is 24.2 Å². The summed E-state index contributed by atoms with van der Waals surface area (Å²) in [6, 6.07) is 3.24. The third-order valence-electron chi connectivity index (χ3n) is 3.02. The standard InChI is InChI=1S/C18H24ClNO3/c1-6-8-20(9-7-2)18(21)14-10-15(19)17(16(11-14)22-5)23-12-13(3)4/h6-7,10-11,13H,1-2,8-9,12H2,3-5H3. The number of ether oxygens (including phenoxy) is 2. The van der Waals surface area contributed by atoms with E-state index in [9.17, 15) is 4.79 Å². The van der Waals surface area contributed by atoms with Gasteiger partial charge in [-0.3, -0.25) is 4.79 Å². The summed E-state index contributed by atoms with van der Waals surface area (Å²) in [5, 5.41) is 0.352. The first-order chi connectivity index (χ1) is 10.9. The number of hydrogen-bond donors (Lipinski definition) is 0. The number of amides is 1. The molecular weight excluding hydrogens is 314 g/mol. The van der Waals surface area contributed by atoms with Gasteiger partial charge in [0.05, 0.1) is 18.7 Å². The summed E-state index contributed by atoms with van der Waals surface area (Å²) in [4.78, 5) is 14.2. The predicted molar refractivity (Wildman–Crippen MR) is 94.6 cm³/mol. The Kier molecular flexibility index (Phi) is 7.69. The van der Waals surface area contributed by atoms with Gasteiger partial charge in [-0.2, -0.15) is 0 Å². The Morgan fingerprint density at radius 2 is 1.91 bits per heavy atom. The van der Waals surface area contributed by atoms with Crippen LogP contribution in [0.3, 0.4) is 0 Å². The summed E-state index contributed by atoms with van der Waals surface area (Å²) in [5.74, 6) is 1.09. The molecule has 0 spiro atoms. The normalized spacial score (nSPS) is 10.3. The molecule has 1 aromatic rings. The Morgan fingerprint density at radius 3 is 2.39 bits per heavy atom. The molecule has 23 heavy (non-hydrogen) atoms. The van der Waals surface area contributed by atoms with Gasteiger partial charge in [0.2, 0.25) is 0 Å². The van der Waals surface area contributed by atoms with E-state index in [0.717, 1.165) is 0 Å². The monoisotopic (exact) mass is 337 g/mol. The van der Waals surface area contributed by atoms with Crippen molar-refractivity contribution in [1.29, 1.82) is 0 Å². The van der Waals surface area contributed by atoms with Crippen LogP contribution in [0.25, 0.3) is 0 Å². The molecule has 1 aromatic carbocycles. The van der Waals surface area contributed by atoms with E-state index in [1.165, 1.54) is 7.11 Å². The molecule has 0 saturated heterocycles. The highest BCUT2D eigenvalue weighted by atomic mass is 35.5. The van der Waals surface area contributed by atoms with Gasteiger partial charge in [-0.15, -0.1) is 13.2 Å². The van der Waals surface area contributed by atoms with Crippen LogP contribution in [0.2, 0.25) is 5.02 Å². The van der Waals surface area contributed by atoms with Gasteiger partial charge in [-0.05, 0) is 18.1 Å². The van der Waals surface area contributed by atoms with Crippen LogP contribution in [0, 0.1) is 5.92 Å². The fourth-order valence-electron chi connectivity index (χ4n) is 1.97. The van der Waals surface area contributed by atoms with Crippen molar-refractivity contribution in [3.8, 4) is 11.5 Å². The highest BCUT2D eigenvalue weighted by molar-refractivity contribution is 6.32. The van der Waals surface area contributed by atoms with Crippen LogP contribution in [0.4, 0.5) is 0 Å². The number of nitrogens with zero attached hydrogens (tertiary/aromatic N) is 1. The molecule has 0 unspecified atom stereocenters. The molecule has 0 heterocycles. The van der Waals surface area contributed by atoms with Crippen molar-refractivity contribution in [1.82, 2.24) is 4.90 Å². The number of methoxy groups -OCH3 is 1. The smallest absolute Gasteiger partial charge is 0.254 e. The summed E-state index contributed by atoms with van der Waals surface area (Å²) in [6.07, 6.45) is 3.33. The lowest BCUT2D eigenvalue weighted by Gasteiger charge is -2.21. The summed E-state index contributed by atoms with van der Waals surface area (Å²) in [6.45, 7) is 12.8. The summed E-state index contributed by atoms with van der Waals surface area (Å²) >= 11 is 6.28. The van der Waals surface area contributed by atoms with E-state index in [4.69, 9.17) is 21.1 Å². The molecule has 0 aromatic heterocycles. The molecule has 0 N–H and O–H groups in total. The van der Waals surface area contributed by atoms with Crippen LogP contribution in [-0.2, 0) is 0 Å². The number of benzene rings is 1. The van der Waals surface area contributed by atoms with Gasteiger partial charge in [0.25, 0.3) is 5.91 Å². The molecule has 0 fully saturated rings. The van der Waals surface area contributed by atoms with E-state index in [2.05, 4.69) is 13.2 Å². The highest BCUT2D eigenvalue weighted by Crippen LogP contribution is 2.37. The largest absolute Gasteiger partial charge is 0.493 e. The van der Waals surface area contributed by atoms with E-state index in [0.29, 0.717) is 47.7 Å². The fourth-order valence-corrected chi connectivity index (χ4v) is 2.23. The van der Waals surface area contributed by atoms with E-state index < -0.39 is 0 Å². The second kappa shape index (κ2) is 9.26. The van der Waals surface area contributed by atoms with Crippen LogP contribution >= 0.6 is 11.6 Å². The third-order valence-corrected chi connectivity index (χ3v) is 3.30. The van der Waals surface area contributed by atoms with Gasteiger partial charge in [-0.1, -0.05) is 37.6 Å². The predicted octanol–water partition coefficient (Wildman–Crippen LogP) is 4.20. The van der Waals surface area contributed by atoms with Gasteiger partial charge >= 0.3 is 0 Å². The van der Waals surface area contributed by atoms with Crippen molar-refractivity contribution in [3.05, 3.63) is 48.0 Å². The van der Waals surface area contributed by atoms with Crippen molar-refractivity contribution in [2.45, 2.75) is 13.8 Å². The minimum atomic E-state index is -0.166. The van der Waals surface area contributed by atoms with E-state index in [1.807, 2.05) is 13.8 Å². The fraction of sp³-hybridized carbons (Fsp3) is 0.389. The molecule has 126 valence electrons. The molecule has 0 aliphatic rings. The topological polar surface area (TPSA) is 38.8 Å². The van der Waals surface area contributed by atoms with E-state index in [-0.39, 0.29) is 5.91 Å². The molecule has 0 bridgehead atoms. The Labute approximate surface area is 143 Å². The molecule has 0 radical (unpaired) electrons. The van der Waals surface area contributed by atoms with Gasteiger partial charge in [0.1, 0.15) is 0 Å².